The van der Waals surface area contributed by atoms with E-state index in [1.165, 1.54) is 0 Å². The second-order valence-corrected chi connectivity index (χ2v) is 4.68. The molecular formula is C12H18N2O2. The molecule has 0 aromatic carbocycles. The lowest BCUT2D eigenvalue weighted by molar-refractivity contribution is -0.150. The van der Waals surface area contributed by atoms with Crippen LogP contribution < -0.4 is 0 Å². The van der Waals surface area contributed by atoms with Crippen LogP contribution in [0.1, 0.15) is 25.5 Å². The summed E-state index contributed by atoms with van der Waals surface area (Å²) in [4.78, 5) is 17.2. The molecule has 1 aromatic heterocycles. The summed E-state index contributed by atoms with van der Waals surface area (Å²) >= 11 is 0. The van der Waals surface area contributed by atoms with E-state index in [-0.39, 0.29) is 6.04 Å². The molecule has 16 heavy (non-hydrogen) atoms. The quantitative estimate of drug-likeness (QED) is 0.844. The highest BCUT2D eigenvalue weighted by molar-refractivity contribution is 5.75. The average Bonchev–Trinajstić information content (AvgIpc) is 2.18. The Labute approximate surface area is 95.9 Å². The highest BCUT2D eigenvalue weighted by Crippen LogP contribution is 2.36. The van der Waals surface area contributed by atoms with Gasteiger partial charge in [-0.05, 0) is 39.6 Å². The summed E-state index contributed by atoms with van der Waals surface area (Å²) < 4.78 is 0. The van der Waals surface area contributed by atoms with Crippen molar-refractivity contribution in [3.8, 4) is 0 Å². The van der Waals surface area contributed by atoms with Crippen molar-refractivity contribution in [1.29, 1.82) is 0 Å². The number of carboxylic acid groups (broad SMARTS) is 1. The van der Waals surface area contributed by atoms with Crippen LogP contribution in [0.3, 0.4) is 0 Å². The molecule has 0 radical (unpaired) electrons. The molecule has 4 heteroatoms. The fourth-order valence-electron chi connectivity index (χ4n) is 2.01. The van der Waals surface area contributed by atoms with Crippen LogP contribution in [0.2, 0.25) is 0 Å². The third-order valence-electron chi connectivity index (χ3n) is 2.75. The maximum atomic E-state index is 11.3. The maximum Gasteiger partial charge on any atom is 0.311 e. The van der Waals surface area contributed by atoms with Crippen molar-refractivity contribution in [3.05, 3.63) is 30.1 Å². The zero-order valence-corrected chi connectivity index (χ0v) is 10.1. The van der Waals surface area contributed by atoms with Gasteiger partial charge in [-0.3, -0.25) is 9.78 Å². The van der Waals surface area contributed by atoms with Gasteiger partial charge >= 0.3 is 5.97 Å². The second-order valence-electron chi connectivity index (χ2n) is 4.68. The number of aliphatic carboxylic acids is 1. The van der Waals surface area contributed by atoms with Crippen molar-refractivity contribution in [1.82, 2.24) is 9.88 Å². The van der Waals surface area contributed by atoms with Crippen LogP contribution in [0, 0.1) is 5.41 Å². The van der Waals surface area contributed by atoms with E-state index in [0.29, 0.717) is 0 Å². The molecule has 0 saturated carbocycles. The van der Waals surface area contributed by atoms with Crippen LogP contribution >= 0.6 is 0 Å². The van der Waals surface area contributed by atoms with Gasteiger partial charge in [0.25, 0.3) is 0 Å². The van der Waals surface area contributed by atoms with E-state index in [9.17, 15) is 9.90 Å². The van der Waals surface area contributed by atoms with Gasteiger partial charge in [0.05, 0.1) is 11.5 Å². The summed E-state index contributed by atoms with van der Waals surface area (Å²) in [5, 5.41) is 9.27. The minimum absolute atomic E-state index is 0.196. The Bertz CT molecular complexity index is 361. The largest absolute Gasteiger partial charge is 0.481 e. The summed E-state index contributed by atoms with van der Waals surface area (Å²) in [5.74, 6) is -0.810. The molecule has 0 aliphatic carbocycles. The van der Waals surface area contributed by atoms with Crippen LogP contribution in [0.4, 0.5) is 0 Å². The normalized spacial score (nSPS) is 13.8. The molecule has 1 rings (SSSR count). The second kappa shape index (κ2) is 4.61. The first-order chi connectivity index (χ1) is 7.37. The van der Waals surface area contributed by atoms with Crippen LogP contribution in [-0.2, 0) is 4.79 Å². The molecule has 0 saturated heterocycles. The van der Waals surface area contributed by atoms with Crippen molar-refractivity contribution in [2.24, 2.45) is 5.41 Å². The lowest BCUT2D eigenvalue weighted by atomic mass is 9.80. The third kappa shape index (κ3) is 2.39. The van der Waals surface area contributed by atoms with Gasteiger partial charge in [0.2, 0.25) is 0 Å². The van der Waals surface area contributed by atoms with Gasteiger partial charge in [0, 0.05) is 12.4 Å². The van der Waals surface area contributed by atoms with Crippen LogP contribution in [0.25, 0.3) is 0 Å². The highest BCUT2D eigenvalue weighted by Gasteiger charge is 2.39. The third-order valence-corrected chi connectivity index (χ3v) is 2.75. The standard InChI is InChI=1S/C12H18N2O2/c1-12(2,11(15)16)10(14(3)4)9-6-5-7-13-8-9/h5-8,10H,1-4H3,(H,15,16). The molecule has 0 aliphatic rings. The lowest BCUT2D eigenvalue weighted by Crippen LogP contribution is -2.39. The van der Waals surface area contributed by atoms with Gasteiger partial charge in [0.15, 0.2) is 0 Å². The van der Waals surface area contributed by atoms with E-state index in [4.69, 9.17) is 0 Å². The molecular weight excluding hydrogens is 204 g/mol. The summed E-state index contributed by atoms with van der Waals surface area (Å²) in [5.41, 5.74) is 0.0619. The molecule has 1 aromatic rings. The molecule has 1 unspecified atom stereocenters. The molecule has 1 atom stereocenters. The Hall–Kier alpha value is -1.42. The number of carboxylic acids is 1. The van der Waals surface area contributed by atoms with E-state index in [1.54, 1.807) is 26.2 Å². The van der Waals surface area contributed by atoms with Gasteiger partial charge in [-0.1, -0.05) is 6.07 Å². The Morgan fingerprint density at radius 2 is 2.12 bits per heavy atom. The number of hydrogen-bond donors (Lipinski definition) is 1. The van der Waals surface area contributed by atoms with Crippen molar-refractivity contribution in [3.63, 3.8) is 0 Å². The predicted molar refractivity (Wildman–Crippen MR) is 62.1 cm³/mol. The number of rotatable bonds is 4. The number of nitrogens with zero attached hydrogens (tertiary/aromatic N) is 2. The first kappa shape index (κ1) is 12.6. The monoisotopic (exact) mass is 222 g/mol. The van der Waals surface area contributed by atoms with Gasteiger partial charge in [-0.25, -0.2) is 0 Å². The molecule has 1 N–H and O–H groups in total. The smallest absolute Gasteiger partial charge is 0.311 e. The molecule has 0 aliphatic heterocycles. The van der Waals surface area contributed by atoms with Gasteiger partial charge in [0.1, 0.15) is 0 Å². The average molecular weight is 222 g/mol. The number of aromatic nitrogens is 1. The van der Waals surface area contributed by atoms with Crippen molar-refractivity contribution in [2.75, 3.05) is 14.1 Å². The lowest BCUT2D eigenvalue weighted by Gasteiger charge is -2.35. The van der Waals surface area contributed by atoms with Crippen LogP contribution in [0.15, 0.2) is 24.5 Å². The fourth-order valence-corrected chi connectivity index (χ4v) is 2.01. The predicted octanol–water partition coefficient (Wildman–Crippen LogP) is 1.80. The zero-order chi connectivity index (χ0) is 12.3. The van der Waals surface area contributed by atoms with Crippen molar-refractivity contribution >= 4 is 5.97 Å². The van der Waals surface area contributed by atoms with Crippen LogP contribution in [0.5, 0.6) is 0 Å². The van der Waals surface area contributed by atoms with E-state index in [0.717, 1.165) is 5.56 Å². The number of hydrogen-bond acceptors (Lipinski definition) is 3. The Morgan fingerprint density at radius 1 is 1.50 bits per heavy atom. The Kier molecular flexibility index (Phi) is 3.65. The molecule has 1 heterocycles. The molecule has 4 nitrogen and oxygen atoms in total. The SMILES string of the molecule is CN(C)C(c1cccnc1)C(C)(C)C(=O)O. The minimum atomic E-state index is -0.855. The molecule has 0 amide bonds. The van der Waals surface area contributed by atoms with E-state index in [2.05, 4.69) is 4.98 Å². The summed E-state index contributed by atoms with van der Waals surface area (Å²) in [6, 6.07) is 3.53. The van der Waals surface area contributed by atoms with Gasteiger partial charge in [-0.2, -0.15) is 0 Å². The minimum Gasteiger partial charge on any atom is -0.481 e. The van der Waals surface area contributed by atoms with E-state index in [1.807, 2.05) is 31.1 Å². The van der Waals surface area contributed by atoms with Crippen LogP contribution in [-0.4, -0.2) is 35.1 Å². The summed E-state index contributed by atoms with van der Waals surface area (Å²) in [7, 11) is 3.75. The summed E-state index contributed by atoms with van der Waals surface area (Å²) in [6.07, 6.45) is 3.40. The topological polar surface area (TPSA) is 53.4 Å². The van der Waals surface area contributed by atoms with E-state index < -0.39 is 11.4 Å². The fraction of sp³-hybridized carbons (Fsp3) is 0.500. The molecule has 0 bridgehead atoms. The highest BCUT2D eigenvalue weighted by atomic mass is 16.4. The van der Waals surface area contributed by atoms with E-state index >= 15 is 0 Å². The maximum absolute atomic E-state index is 11.3. The van der Waals surface area contributed by atoms with Crippen molar-refractivity contribution in [2.45, 2.75) is 19.9 Å². The summed E-state index contributed by atoms with van der Waals surface area (Å²) in [6.45, 7) is 3.46. The Morgan fingerprint density at radius 3 is 2.50 bits per heavy atom. The molecule has 88 valence electrons. The Balaban J connectivity index is 3.16. The number of carbonyl (C=O) groups is 1. The van der Waals surface area contributed by atoms with Gasteiger partial charge < -0.3 is 10.0 Å². The zero-order valence-electron chi connectivity index (χ0n) is 10.1. The molecule has 0 spiro atoms. The van der Waals surface area contributed by atoms with Gasteiger partial charge in [-0.15, -0.1) is 0 Å². The molecule has 0 fully saturated rings. The number of pyridine rings is 1. The van der Waals surface area contributed by atoms with Crippen molar-refractivity contribution < 1.29 is 9.90 Å². The first-order valence-electron chi connectivity index (χ1n) is 5.17. The first-order valence-corrected chi connectivity index (χ1v) is 5.17.